The molecule has 1 heterocycles. The number of aryl methyl sites for hydroxylation is 2. The zero-order valence-corrected chi connectivity index (χ0v) is 19.6. The molecule has 2 N–H and O–H groups in total. The molecule has 170 valence electrons. The minimum absolute atomic E-state index is 0.0684. The summed E-state index contributed by atoms with van der Waals surface area (Å²) in [6, 6.07) is 7.47. The molecule has 1 aromatic carbocycles. The summed E-state index contributed by atoms with van der Waals surface area (Å²) in [5, 5.41) is 4.00. The summed E-state index contributed by atoms with van der Waals surface area (Å²) >= 11 is 1.57. The molecule has 1 aromatic heterocycles. The topological polar surface area (TPSA) is 84.2 Å². The van der Waals surface area contributed by atoms with E-state index >= 15 is 0 Å². The Morgan fingerprint density at radius 1 is 1.06 bits per heavy atom. The Labute approximate surface area is 193 Å². The lowest BCUT2D eigenvalue weighted by molar-refractivity contribution is -0.130. The number of benzene rings is 1. The molecule has 0 unspecified atom stereocenters. The smallest absolute Gasteiger partial charge is 0.270 e. The molecule has 4 saturated carbocycles. The van der Waals surface area contributed by atoms with Crippen LogP contribution >= 0.6 is 11.8 Å². The molecule has 4 aliphatic carbocycles. The van der Waals surface area contributed by atoms with Crippen LogP contribution in [0.4, 0.5) is 0 Å². The molecule has 4 fully saturated rings. The summed E-state index contributed by atoms with van der Waals surface area (Å²) in [6.07, 6.45) is 8.16. The van der Waals surface area contributed by atoms with E-state index in [4.69, 9.17) is 4.52 Å². The predicted octanol–water partition coefficient (Wildman–Crippen LogP) is 4.95. The second kappa shape index (κ2) is 8.58. The first-order valence-corrected chi connectivity index (χ1v) is 12.6. The number of aromatic nitrogens is 1. The van der Waals surface area contributed by atoms with Gasteiger partial charge < -0.3 is 4.52 Å². The third-order valence-electron chi connectivity index (χ3n) is 7.70. The molecule has 6 rings (SSSR count). The van der Waals surface area contributed by atoms with Crippen LogP contribution in [0.1, 0.15) is 72.3 Å². The maximum absolute atomic E-state index is 12.9. The Morgan fingerprint density at radius 2 is 1.72 bits per heavy atom. The Kier molecular flexibility index (Phi) is 5.78. The van der Waals surface area contributed by atoms with Crippen molar-refractivity contribution in [3.05, 3.63) is 46.8 Å². The SMILES string of the molecule is Cc1noc(C)c1CSc1ccccc1C(=O)NNC(=O)CC12CC3CC(CC(C3)C1)C2. The molecule has 7 heteroatoms. The van der Waals surface area contributed by atoms with E-state index in [2.05, 4.69) is 16.0 Å². The largest absolute Gasteiger partial charge is 0.361 e. The minimum Gasteiger partial charge on any atom is -0.361 e. The first kappa shape index (κ1) is 21.6. The molecule has 0 saturated heterocycles. The summed E-state index contributed by atoms with van der Waals surface area (Å²) in [6.45, 7) is 3.82. The average molecular weight is 454 g/mol. The first-order valence-electron chi connectivity index (χ1n) is 11.6. The molecule has 4 bridgehead atoms. The molecule has 32 heavy (non-hydrogen) atoms. The fraction of sp³-hybridized carbons (Fsp3) is 0.560. The second-order valence-corrected chi connectivity index (χ2v) is 11.2. The van der Waals surface area contributed by atoms with Crippen molar-refractivity contribution in [2.75, 3.05) is 0 Å². The highest BCUT2D eigenvalue weighted by atomic mass is 32.2. The number of carbonyl (C=O) groups is 2. The molecule has 2 amide bonds. The molecule has 0 atom stereocenters. The monoisotopic (exact) mass is 453 g/mol. The molecule has 6 nitrogen and oxygen atoms in total. The van der Waals surface area contributed by atoms with Gasteiger partial charge in [-0.1, -0.05) is 17.3 Å². The zero-order valence-electron chi connectivity index (χ0n) is 18.8. The maximum Gasteiger partial charge on any atom is 0.270 e. The fourth-order valence-electron chi connectivity index (χ4n) is 6.72. The summed E-state index contributed by atoms with van der Waals surface area (Å²) in [5.41, 5.74) is 7.99. The molecule has 2 aromatic rings. The number of thioether (sulfide) groups is 1. The van der Waals surface area contributed by atoms with Crippen LogP contribution in [-0.2, 0) is 10.5 Å². The minimum atomic E-state index is -0.286. The van der Waals surface area contributed by atoms with E-state index in [1.807, 2.05) is 32.0 Å². The van der Waals surface area contributed by atoms with Gasteiger partial charge in [-0.3, -0.25) is 20.4 Å². The van der Waals surface area contributed by atoms with E-state index in [1.54, 1.807) is 17.8 Å². The average Bonchev–Trinajstić information content (AvgIpc) is 3.06. The van der Waals surface area contributed by atoms with Crippen LogP contribution in [0.25, 0.3) is 0 Å². The van der Waals surface area contributed by atoms with Gasteiger partial charge in [-0.05, 0) is 87.7 Å². The molecule has 4 aliphatic rings. The quantitative estimate of drug-likeness (QED) is 0.477. The standard InChI is InChI=1S/C25H31N3O3S/c1-15-21(16(2)31-28-15)14-32-22-6-4-3-5-20(22)24(30)27-26-23(29)13-25-10-17-7-18(11-25)9-19(8-17)12-25/h3-6,17-19H,7-14H2,1-2H3,(H,26,29)(H,27,30). The van der Waals surface area contributed by atoms with E-state index < -0.39 is 0 Å². The van der Waals surface area contributed by atoms with Crippen LogP contribution in [-0.4, -0.2) is 17.0 Å². The van der Waals surface area contributed by atoms with Crippen molar-refractivity contribution in [2.24, 2.45) is 23.2 Å². The number of hydrazine groups is 1. The van der Waals surface area contributed by atoms with Crippen LogP contribution in [0.15, 0.2) is 33.7 Å². The number of carbonyl (C=O) groups excluding carboxylic acids is 2. The Morgan fingerprint density at radius 3 is 2.34 bits per heavy atom. The fourth-order valence-corrected chi connectivity index (χ4v) is 7.93. The number of hydrogen-bond donors (Lipinski definition) is 2. The van der Waals surface area contributed by atoms with E-state index in [0.29, 0.717) is 17.7 Å². The van der Waals surface area contributed by atoms with Crippen molar-refractivity contribution < 1.29 is 14.1 Å². The van der Waals surface area contributed by atoms with E-state index in [9.17, 15) is 9.59 Å². The second-order valence-electron chi connectivity index (χ2n) is 10.2. The summed E-state index contributed by atoms with van der Waals surface area (Å²) in [7, 11) is 0. The van der Waals surface area contributed by atoms with Gasteiger partial charge in [0, 0.05) is 22.6 Å². The van der Waals surface area contributed by atoms with Gasteiger partial charge in [-0.2, -0.15) is 0 Å². The van der Waals surface area contributed by atoms with Gasteiger partial charge in [0.1, 0.15) is 5.76 Å². The Hall–Kier alpha value is -2.28. The molecular formula is C25H31N3O3S. The van der Waals surface area contributed by atoms with E-state index in [1.165, 1.54) is 38.5 Å². The van der Waals surface area contributed by atoms with Gasteiger partial charge in [0.2, 0.25) is 5.91 Å². The first-order chi connectivity index (χ1) is 15.4. The van der Waals surface area contributed by atoms with Crippen molar-refractivity contribution >= 4 is 23.6 Å². The third kappa shape index (κ3) is 4.32. The predicted molar refractivity (Wildman–Crippen MR) is 123 cm³/mol. The number of nitrogens with one attached hydrogen (secondary N) is 2. The van der Waals surface area contributed by atoms with Crippen LogP contribution in [0.5, 0.6) is 0 Å². The number of amides is 2. The van der Waals surface area contributed by atoms with Gasteiger partial charge in [-0.15, -0.1) is 11.8 Å². The van der Waals surface area contributed by atoms with Gasteiger partial charge >= 0.3 is 0 Å². The maximum atomic E-state index is 12.9. The van der Waals surface area contributed by atoms with E-state index in [0.717, 1.165) is 39.7 Å². The highest BCUT2D eigenvalue weighted by Crippen LogP contribution is 2.61. The highest BCUT2D eigenvalue weighted by Gasteiger charge is 2.51. The Balaban J connectivity index is 1.18. The van der Waals surface area contributed by atoms with Crippen LogP contribution in [0.3, 0.4) is 0 Å². The summed E-state index contributed by atoms with van der Waals surface area (Å²) in [4.78, 5) is 26.5. The van der Waals surface area contributed by atoms with Gasteiger partial charge in [0.05, 0.1) is 11.3 Å². The molecular weight excluding hydrogens is 422 g/mol. The van der Waals surface area contributed by atoms with Crippen molar-refractivity contribution in [1.82, 2.24) is 16.0 Å². The Bertz CT molecular complexity index is 976. The number of nitrogens with zero attached hydrogens (tertiary/aromatic N) is 1. The van der Waals surface area contributed by atoms with Crippen LogP contribution in [0.2, 0.25) is 0 Å². The van der Waals surface area contributed by atoms with Gasteiger partial charge in [0.15, 0.2) is 0 Å². The number of rotatable bonds is 6. The van der Waals surface area contributed by atoms with Gasteiger partial charge in [-0.25, -0.2) is 0 Å². The molecule has 0 spiro atoms. The van der Waals surface area contributed by atoms with E-state index in [-0.39, 0.29) is 17.2 Å². The van der Waals surface area contributed by atoms with Crippen molar-refractivity contribution in [2.45, 2.75) is 69.4 Å². The van der Waals surface area contributed by atoms with Gasteiger partial charge in [0.25, 0.3) is 5.91 Å². The highest BCUT2D eigenvalue weighted by molar-refractivity contribution is 7.98. The summed E-state index contributed by atoms with van der Waals surface area (Å²) in [5.74, 6) is 3.55. The lowest BCUT2D eigenvalue weighted by Crippen LogP contribution is -2.50. The lowest BCUT2D eigenvalue weighted by atomic mass is 9.49. The summed E-state index contributed by atoms with van der Waals surface area (Å²) < 4.78 is 5.24. The zero-order chi connectivity index (χ0) is 22.3. The normalized spacial score (nSPS) is 28.0. The van der Waals surface area contributed by atoms with Crippen molar-refractivity contribution in [3.63, 3.8) is 0 Å². The van der Waals surface area contributed by atoms with Crippen LogP contribution < -0.4 is 10.9 Å². The number of hydrogen-bond acceptors (Lipinski definition) is 5. The lowest BCUT2D eigenvalue weighted by Gasteiger charge is -2.56. The van der Waals surface area contributed by atoms with Crippen molar-refractivity contribution in [1.29, 1.82) is 0 Å². The van der Waals surface area contributed by atoms with Crippen LogP contribution in [0, 0.1) is 37.0 Å². The molecule has 0 radical (unpaired) electrons. The third-order valence-corrected chi connectivity index (χ3v) is 8.80. The van der Waals surface area contributed by atoms with Crippen molar-refractivity contribution in [3.8, 4) is 0 Å². The molecule has 0 aliphatic heterocycles.